The maximum atomic E-state index is 4.53. The van der Waals surface area contributed by atoms with Crippen LogP contribution in [0.5, 0.6) is 0 Å². The fourth-order valence-corrected chi connectivity index (χ4v) is 2.18. The van der Waals surface area contributed by atoms with Crippen molar-refractivity contribution >= 4 is 22.7 Å². The Labute approximate surface area is 96.6 Å². The van der Waals surface area contributed by atoms with Gasteiger partial charge in [0.25, 0.3) is 0 Å². The van der Waals surface area contributed by atoms with E-state index in [1.54, 1.807) is 17.5 Å². The predicted octanol–water partition coefficient (Wildman–Crippen LogP) is 2.50. The molecular formula is C11H10N4S. The molecule has 4 nitrogen and oxygen atoms in total. The molecule has 16 heavy (non-hydrogen) atoms. The zero-order chi connectivity index (χ0) is 11.0. The van der Waals surface area contributed by atoms with Crippen LogP contribution in [-0.2, 0) is 0 Å². The van der Waals surface area contributed by atoms with Gasteiger partial charge in [0.2, 0.25) is 0 Å². The van der Waals surface area contributed by atoms with Crippen molar-refractivity contribution in [3.05, 3.63) is 36.1 Å². The molecule has 3 aromatic rings. The summed E-state index contributed by atoms with van der Waals surface area (Å²) in [4.78, 5) is 8.79. The first-order valence-electron chi connectivity index (χ1n) is 4.93. The van der Waals surface area contributed by atoms with Gasteiger partial charge in [-0.25, -0.2) is 9.97 Å². The van der Waals surface area contributed by atoms with Gasteiger partial charge in [-0.15, -0.1) is 11.3 Å². The van der Waals surface area contributed by atoms with Crippen LogP contribution in [-0.4, -0.2) is 21.4 Å². The standard InChI is InChI=1S/C11H10N4S/c1-12-8-2-4-15-7-9(14-10(15)6-8)11-13-3-5-16-11/h2-7,12H,1H3. The Bertz CT molecular complexity index is 612. The summed E-state index contributed by atoms with van der Waals surface area (Å²) >= 11 is 1.60. The molecule has 0 bridgehead atoms. The Morgan fingerprint density at radius 1 is 1.44 bits per heavy atom. The molecule has 0 saturated carbocycles. The number of thiazole rings is 1. The summed E-state index contributed by atoms with van der Waals surface area (Å²) in [7, 11) is 1.90. The number of nitrogens with zero attached hydrogens (tertiary/aromatic N) is 3. The summed E-state index contributed by atoms with van der Waals surface area (Å²) in [5, 5.41) is 6.01. The van der Waals surface area contributed by atoms with Gasteiger partial charge in [0, 0.05) is 42.8 Å². The molecule has 3 aromatic heterocycles. The van der Waals surface area contributed by atoms with Gasteiger partial charge in [-0.3, -0.25) is 0 Å². The fourth-order valence-electron chi connectivity index (χ4n) is 1.59. The Kier molecular flexibility index (Phi) is 2.11. The summed E-state index contributed by atoms with van der Waals surface area (Å²) in [6, 6.07) is 4.03. The van der Waals surface area contributed by atoms with Gasteiger partial charge in [0.1, 0.15) is 16.3 Å². The molecule has 0 unspecified atom stereocenters. The van der Waals surface area contributed by atoms with Gasteiger partial charge < -0.3 is 9.72 Å². The molecule has 0 aromatic carbocycles. The van der Waals surface area contributed by atoms with E-state index < -0.39 is 0 Å². The van der Waals surface area contributed by atoms with Crippen molar-refractivity contribution in [1.29, 1.82) is 0 Å². The van der Waals surface area contributed by atoms with Crippen molar-refractivity contribution in [2.45, 2.75) is 0 Å². The molecule has 5 heteroatoms. The van der Waals surface area contributed by atoms with Crippen LogP contribution < -0.4 is 5.32 Å². The normalized spacial score (nSPS) is 10.8. The lowest BCUT2D eigenvalue weighted by Crippen LogP contribution is -1.89. The van der Waals surface area contributed by atoms with Crippen molar-refractivity contribution in [3.63, 3.8) is 0 Å². The highest BCUT2D eigenvalue weighted by Gasteiger charge is 2.06. The smallest absolute Gasteiger partial charge is 0.143 e. The highest BCUT2D eigenvalue weighted by molar-refractivity contribution is 7.13. The second kappa shape index (κ2) is 3.61. The minimum Gasteiger partial charge on any atom is -0.388 e. The van der Waals surface area contributed by atoms with Gasteiger partial charge in [-0.2, -0.15) is 0 Å². The highest BCUT2D eigenvalue weighted by Crippen LogP contribution is 2.22. The minimum atomic E-state index is 0.920. The van der Waals surface area contributed by atoms with E-state index in [0.29, 0.717) is 0 Å². The molecule has 3 heterocycles. The number of rotatable bonds is 2. The van der Waals surface area contributed by atoms with Crippen molar-refractivity contribution in [2.75, 3.05) is 12.4 Å². The molecule has 3 rings (SSSR count). The SMILES string of the molecule is CNc1ccn2cc(-c3nccs3)nc2c1. The number of hydrogen-bond acceptors (Lipinski definition) is 4. The minimum absolute atomic E-state index is 0.920. The largest absolute Gasteiger partial charge is 0.388 e. The Balaban J connectivity index is 2.16. The maximum absolute atomic E-state index is 4.53. The van der Waals surface area contributed by atoms with Crippen LogP contribution in [0.15, 0.2) is 36.1 Å². The number of anilines is 1. The first-order chi connectivity index (χ1) is 7.86. The molecule has 0 aliphatic rings. The van der Waals surface area contributed by atoms with Crippen LogP contribution >= 0.6 is 11.3 Å². The molecule has 0 amide bonds. The van der Waals surface area contributed by atoms with E-state index >= 15 is 0 Å². The zero-order valence-corrected chi connectivity index (χ0v) is 9.53. The zero-order valence-electron chi connectivity index (χ0n) is 8.71. The topological polar surface area (TPSA) is 42.2 Å². The fraction of sp³-hybridized carbons (Fsp3) is 0.0909. The molecule has 0 spiro atoms. The van der Waals surface area contributed by atoms with Gasteiger partial charge in [-0.1, -0.05) is 0 Å². The van der Waals surface area contributed by atoms with Crippen molar-refractivity contribution in [2.24, 2.45) is 0 Å². The summed E-state index contributed by atoms with van der Waals surface area (Å²) in [6.07, 6.45) is 5.78. The third-order valence-corrected chi connectivity index (χ3v) is 3.20. The molecule has 0 fully saturated rings. The van der Waals surface area contributed by atoms with Crippen molar-refractivity contribution in [1.82, 2.24) is 14.4 Å². The summed E-state index contributed by atoms with van der Waals surface area (Å²) < 4.78 is 2.00. The lowest BCUT2D eigenvalue weighted by atomic mass is 10.4. The Morgan fingerprint density at radius 3 is 3.12 bits per heavy atom. The van der Waals surface area contributed by atoms with Crippen LogP contribution in [0.3, 0.4) is 0 Å². The average molecular weight is 230 g/mol. The number of nitrogens with one attached hydrogen (secondary N) is 1. The van der Waals surface area contributed by atoms with Gasteiger partial charge >= 0.3 is 0 Å². The van der Waals surface area contributed by atoms with Gasteiger partial charge in [0.15, 0.2) is 0 Å². The quantitative estimate of drug-likeness (QED) is 0.735. The van der Waals surface area contributed by atoms with E-state index in [-0.39, 0.29) is 0 Å². The summed E-state index contributed by atoms with van der Waals surface area (Å²) in [5.41, 5.74) is 2.91. The second-order valence-electron chi connectivity index (χ2n) is 3.39. The molecule has 0 radical (unpaired) electrons. The van der Waals surface area contributed by atoms with Gasteiger partial charge in [0.05, 0.1) is 0 Å². The van der Waals surface area contributed by atoms with E-state index in [4.69, 9.17) is 0 Å². The average Bonchev–Trinajstić information content (AvgIpc) is 2.96. The first-order valence-corrected chi connectivity index (χ1v) is 5.81. The monoisotopic (exact) mass is 230 g/mol. The molecule has 0 aliphatic carbocycles. The van der Waals surface area contributed by atoms with E-state index in [2.05, 4.69) is 15.3 Å². The second-order valence-corrected chi connectivity index (χ2v) is 4.29. The summed E-state index contributed by atoms with van der Waals surface area (Å²) in [5.74, 6) is 0. The lowest BCUT2D eigenvalue weighted by molar-refractivity contribution is 1.18. The molecule has 1 N–H and O–H groups in total. The van der Waals surface area contributed by atoms with Crippen LogP contribution in [0.25, 0.3) is 16.3 Å². The van der Waals surface area contributed by atoms with Gasteiger partial charge in [-0.05, 0) is 6.07 Å². The van der Waals surface area contributed by atoms with E-state index in [0.717, 1.165) is 22.0 Å². The third-order valence-electron chi connectivity index (χ3n) is 2.40. The number of pyridine rings is 1. The van der Waals surface area contributed by atoms with E-state index in [9.17, 15) is 0 Å². The number of fused-ring (bicyclic) bond motifs is 1. The van der Waals surface area contributed by atoms with Crippen LogP contribution in [0.1, 0.15) is 0 Å². The number of aromatic nitrogens is 3. The lowest BCUT2D eigenvalue weighted by Gasteiger charge is -1.98. The summed E-state index contributed by atoms with van der Waals surface area (Å²) in [6.45, 7) is 0. The van der Waals surface area contributed by atoms with Crippen LogP contribution in [0, 0.1) is 0 Å². The molecular weight excluding hydrogens is 220 g/mol. The number of imidazole rings is 1. The Hall–Kier alpha value is -1.88. The molecule has 0 saturated heterocycles. The molecule has 80 valence electrons. The van der Waals surface area contributed by atoms with Crippen molar-refractivity contribution < 1.29 is 0 Å². The third kappa shape index (κ3) is 1.45. The molecule has 0 aliphatic heterocycles. The van der Waals surface area contributed by atoms with E-state index in [1.807, 2.05) is 41.4 Å². The predicted molar refractivity (Wildman–Crippen MR) is 65.8 cm³/mol. The van der Waals surface area contributed by atoms with Crippen molar-refractivity contribution in [3.8, 4) is 10.7 Å². The Morgan fingerprint density at radius 2 is 2.38 bits per heavy atom. The molecule has 0 atom stereocenters. The maximum Gasteiger partial charge on any atom is 0.143 e. The number of hydrogen-bond donors (Lipinski definition) is 1. The first kappa shape index (κ1) is 9.35. The van der Waals surface area contributed by atoms with E-state index in [1.165, 1.54) is 0 Å². The van der Waals surface area contributed by atoms with Crippen LogP contribution in [0.4, 0.5) is 5.69 Å². The highest BCUT2D eigenvalue weighted by atomic mass is 32.1. The van der Waals surface area contributed by atoms with Crippen LogP contribution in [0.2, 0.25) is 0 Å².